The fourth-order valence-electron chi connectivity index (χ4n) is 9.71. The molecule has 1 aliphatic heterocycles. The first kappa shape index (κ1) is 66.9. The maximum absolute atomic E-state index is 15.0. The number of imidazole rings is 2. The number of phenols is 1. The van der Waals surface area contributed by atoms with Crippen molar-refractivity contribution in [3.63, 3.8) is 0 Å². The van der Waals surface area contributed by atoms with Gasteiger partial charge < -0.3 is 79.5 Å². The van der Waals surface area contributed by atoms with Crippen molar-refractivity contribution in [3.05, 3.63) is 102 Å². The number of hydrogen-bond acceptors (Lipinski definition) is 14. The molecular formula is C58H84N16O11. The molecule has 27 nitrogen and oxygen atoms in total. The molecule has 2 aromatic heterocycles. The molecule has 0 radical (unpaired) electrons. The van der Waals surface area contributed by atoms with Gasteiger partial charge in [-0.25, -0.2) is 14.8 Å². The number of carbonyl (C=O) groups is 9. The highest BCUT2D eigenvalue weighted by molar-refractivity contribution is 5.98. The van der Waals surface area contributed by atoms with Gasteiger partial charge in [0.15, 0.2) is 5.96 Å². The van der Waals surface area contributed by atoms with Gasteiger partial charge in [-0.2, -0.15) is 0 Å². The topological polar surface area (TPSA) is 429 Å². The number of nitrogens with zero attached hydrogens (tertiary/aromatic N) is 4. The number of carboxylic acids is 1. The molecule has 85 heavy (non-hydrogen) atoms. The summed E-state index contributed by atoms with van der Waals surface area (Å²) in [6.45, 7) is 10.9. The van der Waals surface area contributed by atoms with Crippen LogP contribution in [0.15, 0.2) is 84.6 Å². The van der Waals surface area contributed by atoms with E-state index in [1.165, 1.54) is 42.1 Å². The number of nitrogens with two attached hydrogens (primary N) is 3. The Morgan fingerprint density at radius 1 is 0.659 bits per heavy atom. The fraction of sp³-hybridized carbons (Fsp3) is 0.517. The number of H-pyrrole nitrogens is 2. The van der Waals surface area contributed by atoms with Gasteiger partial charge in [-0.05, 0) is 73.1 Å². The summed E-state index contributed by atoms with van der Waals surface area (Å²) in [5.74, 6) is -8.30. The standard InChI is InChI=1S/C58H84N16O11/c1-7-34(6)48(73-52(79)42(25-36-17-19-39(75)20-18-36)69-54(81)47(33(4)5)72-49(76)40(59)15-11-21-64-58(60)61)55(82)70-44(27-38-29-63-31-66-38)56(83)74-22-12-16-46(74)53(80)68-41(24-35-13-9-8-10-14-35)50(77)67-43(26-37-28-62-30-65-37)51(78)71-45(57(84)85)23-32(2)3/h8-10,13-14,17-20,28-34,40-48,75H,7,11-12,15-16,21-27,59H2,1-6H3,(H,62,65)(H,63,66)(H,67,77)(H,68,80)(H,69,81)(H,70,82)(H,71,78)(H,72,76)(H,73,79)(H,84,85)(H4,60,61,64)/t34-,40-,41-,42-,43-,44-,45-,46-,47+,48-/m0/s1. The van der Waals surface area contributed by atoms with Crippen molar-refractivity contribution >= 4 is 59.2 Å². The van der Waals surface area contributed by atoms with Crippen molar-refractivity contribution in [1.82, 2.24) is 62.1 Å². The van der Waals surface area contributed by atoms with E-state index in [2.05, 4.69) is 62.1 Å². The molecule has 27 heteroatoms. The Hall–Kier alpha value is -8.88. The third-order valence-electron chi connectivity index (χ3n) is 14.6. The summed E-state index contributed by atoms with van der Waals surface area (Å²) < 4.78 is 0. The first-order valence-corrected chi connectivity index (χ1v) is 28.7. The molecule has 17 N–H and O–H groups in total. The number of guanidine groups is 1. The molecular weight excluding hydrogens is 1100 g/mol. The Labute approximate surface area is 494 Å². The van der Waals surface area contributed by atoms with E-state index in [9.17, 15) is 53.4 Å². The Bertz CT molecular complexity index is 2870. The van der Waals surface area contributed by atoms with Gasteiger partial charge in [0.25, 0.3) is 0 Å². The van der Waals surface area contributed by atoms with Crippen LogP contribution in [-0.4, -0.2) is 162 Å². The predicted octanol–water partition coefficient (Wildman–Crippen LogP) is -0.293. The molecule has 5 rings (SSSR count). The molecule has 462 valence electrons. The van der Waals surface area contributed by atoms with Gasteiger partial charge in [0.1, 0.15) is 54.1 Å². The first-order valence-electron chi connectivity index (χ1n) is 28.7. The van der Waals surface area contributed by atoms with Crippen LogP contribution >= 0.6 is 0 Å². The molecule has 3 heterocycles. The van der Waals surface area contributed by atoms with Gasteiger partial charge in [-0.15, -0.1) is 0 Å². The Morgan fingerprint density at radius 3 is 1.73 bits per heavy atom. The number of nitrogens with one attached hydrogen (secondary N) is 9. The lowest BCUT2D eigenvalue weighted by molar-refractivity contribution is -0.143. The van der Waals surface area contributed by atoms with Crippen molar-refractivity contribution in [1.29, 1.82) is 0 Å². The van der Waals surface area contributed by atoms with Crippen LogP contribution in [0.4, 0.5) is 0 Å². The summed E-state index contributed by atoms with van der Waals surface area (Å²) >= 11 is 0. The number of aliphatic imine (C=N–C) groups is 1. The van der Waals surface area contributed by atoms with Crippen LogP contribution < -0.4 is 54.4 Å². The van der Waals surface area contributed by atoms with E-state index in [0.29, 0.717) is 41.8 Å². The molecule has 10 atom stereocenters. The lowest BCUT2D eigenvalue weighted by atomic mass is 9.96. The SMILES string of the molecule is CC[C@H](C)[C@H](NC(=O)[C@H](Cc1ccc(O)cc1)NC(=O)[C@H](NC(=O)[C@@H](N)CCCN=C(N)N)C(C)C)C(=O)N[C@@H](Cc1cnc[nH]1)C(=O)N1CCC[C@H]1C(=O)N[C@@H](Cc1ccccc1)C(=O)N[C@@H](Cc1cnc[nH]1)C(=O)N[C@@H](CC(C)C)C(=O)O. The van der Waals surface area contributed by atoms with Crippen molar-refractivity contribution in [2.45, 2.75) is 160 Å². The Balaban J connectivity index is 1.38. The van der Waals surface area contributed by atoms with E-state index in [-0.39, 0.29) is 75.7 Å². The minimum absolute atomic E-state index is 0.0415. The highest BCUT2D eigenvalue weighted by Crippen LogP contribution is 2.22. The average Bonchev–Trinajstić information content (AvgIpc) is 4.49. The maximum atomic E-state index is 15.0. The number of likely N-dealkylation sites (tertiary alicyclic amines) is 1. The Kier molecular flexibility index (Phi) is 25.8. The minimum atomic E-state index is -1.35. The molecule has 2 aromatic carbocycles. The van der Waals surface area contributed by atoms with Crippen molar-refractivity contribution in [2.75, 3.05) is 13.1 Å². The number of carboxylic acid groups (broad SMARTS) is 1. The predicted molar refractivity (Wildman–Crippen MR) is 314 cm³/mol. The van der Waals surface area contributed by atoms with Crippen LogP contribution in [0.2, 0.25) is 0 Å². The summed E-state index contributed by atoms with van der Waals surface area (Å²) in [6, 6.07) is 3.56. The molecule has 0 saturated carbocycles. The molecule has 1 fully saturated rings. The molecule has 1 aliphatic rings. The van der Waals surface area contributed by atoms with Crippen LogP contribution in [-0.2, 0) is 68.8 Å². The molecule has 4 aromatic rings. The number of aromatic hydroxyl groups is 1. The van der Waals surface area contributed by atoms with E-state index in [0.717, 1.165) is 0 Å². The fourth-order valence-corrected chi connectivity index (χ4v) is 9.71. The second-order valence-corrected chi connectivity index (χ2v) is 22.2. The third kappa shape index (κ3) is 21.1. The number of aromatic nitrogens is 4. The van der Waals surface area contributed by atoms with E-state index in [1.807, 2.05) is 13.8 Å². The number of hydrogen-bond donors (Lipinski definition) is 14. The number of phenolic OH excluding ortho intramolecular Hbond substituents is 1. The number of amides is 8. The highest BCUT2D eigenvalue weighted by Gasteiger charge is 2.41. The second kappa shape index (κ2) is 32.8. The van der Waals surface area contributed by atoms with Crippen molar-refractivity contribution in [3.8, 4) is 5.75 Å². The smallest absolute Gasteiger partial charge is 0.326 e. The van der Waals surface area contributed by atoms with Crippen LogP contribution in [0.3, 0.4) is 0 Å². The van der Waals surface area contributed by atoms with Gasteiger partial charge in [-0.3, -0.25) is 43.3 Å². The highest BCUT2D eigenvalue weighted by atomic mass is 16.4. The zero-order valence-corrected chi connectivity index (χ0v) is 49.0. The van der Waals surface area contributed by atoms with Crippen LogP contribution in [0, 0.1) is 17.8 Å². The summed E-state index contributed by atoms with van der Waals surface area (Å²) in [5, 5.41) is 39.2. The number of rotatable bonds is 33. The summed E-state index contributed by atoms with van der Waals surface area (Å²) in [7, 11) is 0. The molecule has 0 bridgehead atoms. The van der Waals surface area contributed by atoms with Gasteiger partial charge in [0.05, 0.1) is 18.7 Å². The zero-order chi connectivity index (χ0) is 62.3. The first-order chi connectivity index (χ1) is 40.4. The van der Waals surface area contributed by atoms with Gasteiger partial charge in [0, 0.05) is 62.6 Å². The Morgan fingerprint density at radius 2 is 1.18 bits per heavy atom. The number of aromatic amines is 2. The van der Waals surface area contributed by atoms with Crippen molar-refractivity contribution in [2.24, 2.45) is 39.9 Å². The maximum Gasteiger partial charge on any atom is 0.326 e. The van der Waals surface area contributed by atoms with Gasteiger partial charge in [0.2, 0.25) is 47.3 Å². The molecule has 0 spiro atoms. The summed E-state index contributed by atoms with van der Waals surface area (Å²) in [6.07, 6.45) is 6.94. The van der Waals surface area contributed by atoms with Crippen LogP contribution in [0.1, 0.15) is 103 Å². The normalized spacial score (nSPS) is 16.2. The minimum Gasteiger partial charge on any atom is -0.508 e. The van der Waals surface area contributed by atoms with Crippen LogP contribution in [0.5, 0.6) is 5.75 Å². The van der Waals surface area contributed by atoms with Crippen LogP contribution in [0.25, 0.3) is 0 Å². The van der Waals surface area contributed by atoms with E-state index in [1.54, 1.807) is 70.2 Å². The van der Waals surface area contributed by atoms with Gasteiger partial charge in [-0.1, -0.05) is 90.4 Å². The largest absolute Gasteiger partial charge is 0.508 e. The number of aliphatic carboxylic acids is 1. The summed E-state index contributed by atoms with van der Waals surface area (Å²) in [4.78, 5) is 146. The van der Waals surface area contributed by atoms with E-state index in [4.69, 9.17) is 17.2 Å². The third-order valence-corrected chi connectivity index (χ3v) is 14.6. The monoisotopic (exact) mass is 1180 g/mol. The molecule has 1 saturated heterocycles. The molecule has 8 amide bonds. The average molecular weight is 1180 g/mol. The molecule has 0 aliphatic carbocycles. The lowest BCUT2D eigenvalue weighted by Crippen LogP contribution is -2.62. The zero-order valence-electron chi connectivity index (χ0n) is 49.0. The second-order valence-electron chi connectivity index (χ2n) is 22.2. The van der Waals surface area contributed by atoms with Gasteiger partial charge >= 0.3 is 5.97 Å². The van der Waals surface area contributed by atoms with Crippen molar-refractivity contribution < 1.29 is 53.4 Å². The van der Waals surface area contributed by atoms with E-state index >= 15 is 0 Å². The number of benzene rings is 2. The van der Waals surface area contributed by atoms with E-state index < -0.39 is 119 Å². The quantitative estimate of drug-likeness (QED) is 0.0166. The number of carbonyl (C=O) groups excluding carboxylic acids is 8. The molecule has 0 unspecified atom stereocenters. The lowest BCUT2D eigenvalue weighted by Gasteiger charge is -2.32. The summed E-state index contributed by atoms with van der Waals surface area (Å²) in [5.41, 5.74) is 19.1.